The molecule has 1 saturated heterocycles. The fraction of sp³-hybridized carbons (Fsp3) is 1.00. The van der Waals surface area contributed by atoms with Gasteiger partial charge in [-0.1, -0.05) is 0 Å². The van der Waals surface area contributed by atoms with Gasteiger partial charge in [0.25, 0.3) is 0 Å². The Balaban J connectivity index is 0.000000640. The van der Waals surface area contributed by atoms with Gasteiger partial charge in [0, 0.05) is 25.7 Å². The number of rotatable bonds is 0. The van der Waals surface area contributed by atoms with E-state index >= 15 is 0 Å². The number of hydrogen-bond acceptors (Lipinski definition) is 2. The second-order valence-electron chi connectivity index (χ2n) is 2.53. The van der Waals surface area contributed by atoms with E-state index in [0.717, 1.165) is 19.1 Å². The smallest absolute Gasteiger partial charge is 0.0189 e. The third-order valence-corrected chi connectivity index (χ3v) is 1.83. The monoisotopic (exact) mass is 150 g/mol. The first-order valence-electron chi connectivity index (χ1n) is 3.21. The average Bonchev–Trinajstić information content (AvgIpc) is 1.77. The number of piperazine rings is 1. The molecule has 1 heterocycles. The molecule has 3 heteroatoms. The predicted octanol–water partition coefficient (Wildman–Crippen LogP) is 0.332. The largest absolute Gasteiger partial charge is 0.314 e. The minimum Gasteiger partial charge on any atom is -0.314 e. The Morgan fingerprint density at radius 1 is 1.56 bits per heavy atom. The molecule has 0 aliphatic carbocycles. The molecule has 0 aromatic carbocycles. The summed E-state index contributed by atoms with van der Waals surface area (Å²) in [6.07, 6.45) is 0. The first kappa shape index (κ1) is 9.21. The van der Waals surface area contributed by atoms with Crippen LogP contribution in [0, 0.1) is 0 Å². The summed E-state index contributed by atoms with van der Waals surface area (Å²) in [5, 5.41) is 3.32. The highest BCUT2D eigenvalue weighted by Gasteiger charge is 2.11. The summed E-state index contributed by atoms with van der Waals surface area (Å²) in [6, 6.07) is 0.726. The van der Waals surface area contributed by atoms with Gasteiger partial charge >= 0.3 is 0 Å². The van der Waals surface area contributed by atoms with Gasteiger partial charge in [-0.05, 0) is 14.0 Å². The van der Waals surface area contributed by atoms with E-state index in [4.69, 9.17) is 0 Å². The van der Waals surface area contributed by atoms with Gasteiger partial charge in [-0.15, -0.1) is 12.4 Å². The van der Waals surface area contributed by atoms with E-state index in [2.05, 4.69) is 24.2 Å². The topological polar surface area (TPSA) is 15.3 Å². The van der Waals surface area contributed by atoms with Crippen LogP contribution in [-0.4, -0.2) is 37.6 Å². The number of nitrogens with one attached hydrogen (secondary N) is 1. The molecular weight excluding hydrogens is 136 g/mol. The van der Waals surface area contributed by atoms with E-state index in [0.29, 0.717) is 0 Å². The molecular formula is C6H15ClN2. The van der Waals surface area contributed by atoms with E-state index in [1.54, 1.807) is 0 Å². The van der Waals surface area contributed by atoms with Crippen LogP contribution in [0.2, 0.25) is 0 Å². The van der Waals surface area contributed by atoms with E-state index in [1.165, 1.54) is 6.54 Å². The Bertz CT molecular complexity index is 67.5. The SMILES string of the molecule is C[C@H]1CNCCN1C.Cl. The normalized spacial score (nSPS) is 29.3. The summed E-state index contributed by atoms with van der Waals surface area (Å²) in [5.41, 5.74) is 0. The highest BCUT2D eigenvalue weighted by molar-refractivity contribution is 5.85. The number of likely N-dealkylation sites (N-methyl/N-ethyl adjacent to an activating group) is 1. The lowest BCUT2D eigenvalue weighted by molar-refractivity contribution is 0.215. The molecule has 0 radical (unpaired) electrons. The summed E-state index contributed by atoms with van der Waals surface area (Å²) in [5.74, 6) is 0. The maximum absolute atomic E-state index is 3.32. The van der Waals surface area contributed by atoms with Crippen molar-refractivity contribution in [1.29, 1.82) is 0 Å². The van der Waals surface area contributed by atoms with Gasteiger partial charge in [0.2, 0.25) is 0 Å². The van der Waals surface area contributed by atoms with Crippen molar-refractivity contribution in [3.63, 3.8) is 0 Å². The van der Waals surface area contributed by atoms with Gasteiger partial charge in [0.1, 0.15) is 0 Å². The van der Waals surface area contributed by atoms with Crippen LogP contribution >= 0.6 is 12.4 Å². The predicted molar refractivity (Wildman–Crippen MR) is 42.2 cm³/mol. The lowest BCUT2D eigenvalue weighted by atomic mass is 10.2. The summed E-state index contributed by atoms with van der Waals surface area (Å²) in [6.45, 7) is 5.74. The molecule has 56 valence electrons. The van der Waals surface area contributed by atoms with Crippen molar-refractivity contribution in [2.45, 2.75) is 13.0 Å². The zero-order valence-corrected chi connectivity index (χ0v) is 6.87. The second kappa shape index (κ2) is 4.09. The van der Waals surface area contributed by atoms with Crippen molar-refractivity contribution in [1.82, 2.24) is 10.2 Å². The molecule has 0 unspecified atom stereocenters. The lowest BCUT2D eigenvalue weighted by Gasteiger charge is -2.29. The molecule has 0 saturated carbocycles. The van der Waals surface area contributed by atoms with Crippen LogP contribution in [0.1, 0.15) is 6.92 Å². The maximum atomic E-state index is 3.32. The van der Waals surface area contributed by atoms with Crippen molar-refractivity contribution >= 4 is 12.4 Å². The standard InChI is InChI=1S/C6H14N2.ClH/c1-6-5-7-3-4-8(6)2;/h6-7H,3-5H2,1-2H3;1H/t6-;/m0./s1. The number of halogens is 1. The zero-order chi connectivity index (χ0) is 5.98. The minimum absolute atomic E-state index is 0. The van der Waals surface area contributed by atoms with Gasteiger partial charge in [0.15, 0.2) is 0 Å². The first-order valence-corrected chi connectivity index (χ1v) is 3.21. The molecule has 1 N–H and O–H groups in total. The molecule has 1 atom stereocenters. The van der Waals surface area contributed by atoms with E-state index in [-0.39, 0.29) is 12.4 Å². The Labute approximate surface area is 63.0 Å². The molecule has 0 aromatic rings. The van der Waals surface area contributed by atoms with Crippen molar-refractivity contribution in [2.75, 3.05) is 26.7 Å². The third-order valence-electron chi connectivity index (χ3n) is 1.83. The van der Waals surface area contributed by atoms with Gasteiger partial charge in [0.05, 0.1) is 0 Å². The zero-order valence-electron chi connectivity index (χ0n) is 6.05. The van der Waals surface area contributed by atoms with Crippen LogP contribution in [0.15, 0.2) is 0 Å². The van der Waals surface area contributed by atoms with Crippen LogP contribution in [0.3, 0.4) is 0 Å². The number of nitrogens with zero attached hydrogens (tertiary/aromatic N) is 1. The first-order chi connectivity index (χ1) is 3.80. The summed E-state index contributed by atoms with van der Waals surface area (Å²) in [7, 11) is 2.17. The quantitative estimate of drug-likeness (QED) is 0.536. The molecule has 2 nitrogen and oxygen atoms in total. The van der Waals surface area contributed by atoms with Crippen LogP contribution in [-0.2, 0) is 0 Å². The molecule has 1 aliphatic heterocycles. The average molecular weight is 151 g/mol. The van der Waals surface area contributed by atoms with Crippen LogP contribution in [0.5, 0.6) is 0 Å². The molecule has 9 heavy (non-hydrogen) atoms. The Morgan fingerprint density at radius 3 is 2.56 bits per heavy atom. The molecule has 1 aliphatic rings. The van der Waals surface area contributed by atoms with Gasteiger partial charge < -0.3 is 10.2 Å². The number of hydrogen-bond donors (Lipinski definition) is 1. The second-order valence-corrected chi connectivity index (χ2v) is 2.53. The molecule has 0 aromatic heterocycles. The van der Waals surface area contributed by atoms with Crippen molar-refractivity contribution in [3.05, 3.63) is 0 Å². The van der Waals surface area contributed by atoms with Crippen LogP contribution < -0.4 is 5.32 Å². The molecule has 1 fully saturated rings. The maximum Gasteiger partial charge on any atom is 0.0189 e. The van der Waals surface area contributed by atoms with Gasteiger partial charge in [-0.3, -0.25) is 0 Å². The molecule has 1 rings (SSSR count). The Kier molecular flexibility index (Phi) is 4.19. The van der Waals surface area contributed by atoms with Crippen LogP contribution in [0.25, 0.3) is 0 Å². The fourth-order valence-corrected chi connectivity index (χ4v) is 0.943. The summed E-state index contributed by atoms with van der Waals surface area (Å²) >= 11 is 0. The van der Waals surface area contributed by atoms with Crippen LogP contribution in [0.4, 0.5) is 0 Å². The van der Waals surface area contributed by atoms with E-state index in [9.17, 15) is 0 Å². The fourth-order valence-electron chi connectivity index (χ4n) is 0.943. The minimum atomic E-state index is 0. The van der Waals surface area contributed by atoms with Crippen molar-refractivity contribution < 1.29 is 0 Å². The highest BCUT2D eigenvalue weighted by Crippen LogP contribution is 1.95. The third kappa shape index (κ3) is 2.52. The van der Waals surface area contributed by atoms with Gasteiger partial charge in [-0.2, -0.15) is 0 Å². The van der Waals surface area contributed by atoms with Crippen molar-refractivity contribution in [2.24, 2.45) is 0 Å². The lowest BCUT2D eigenvalue weighted by Crippen LogP contribution is -2.47. The Hall–Kier alpha value is 0.210. The highest BCUT2D eigenvalue weighted by atomic mass is 35.5. The van der Waals surface area contributed by atoms with E-state index < -0.39 is 0 Å². The van der Waals surface area contributed by atoms with Gasteiger partial charge in [-0.25, -0.2) is 0 Å². The molecule has 0 amide bonds. The van der Waals surface area contributed by atoms with E-state index in [1.807, 2.05) is 0 Å². The Morgan fingerprint density at radius 2 is 2.22 bits per heavy atom. The summed E-state index contributed by atoms with van der Waals surface area (Å²) < 4.78 is 0. The van der Waals surface area contributed by atoms with Crippen molar-refractivity contribution in [3.8, 4) is 0 Å². The summed E-state index contributed by atoms with van der Waals surface area (Å²) in [4.78, 5) is 2.37. The molecule has 0 bridgehead atoms. The molecule has 0 spiro atoms.